The molecule has 8 heavy (non-hydrogen) atoms. The van der Waals surface area contributed by atoms with E-state index in [-0.39, 0.29) is 34.0 Å². The molecular weight excluding hydrogens is 414 g/mol. The van der Waals surface area contributed by atoms with Crippen molar-refractivity contribution in [3.05, 3.63) is 18.3 Å². The molecule has 1 N–H and O–H groups in total. The fourth-order valence-corrected chi connectivity index (χ4v) is 0.730. The third kappa shape index (κ3) is 3.84. The second-order valence-electron chi connectivity index (χ2n) is 0.994. The summed E-state index contributed by atoms with van der Waals surface area (Å²) in [4.78, 5) is 3.00. The van der Waals surface area contributed by atoms with E-state index in [4.69, 9.17) is 0 Å². The third-order valence-corrected chi connectivity index (χ3v) is 1.29. The van der Waals surface area contributed by atoms with Crippen LogP contribution in [0.4, 0.5) is 0 Å². The van der Waals surface area contributed by atoms with E-state index in [0.717, 1.165) is 0 Å². The number of aromatic amines is 1. The van der Waals surface area contributed by atoms with Crippen LogP contribution in [0.1, 0.15) is 0 Å². The Morgan fingerprint density at radius 3 is 2.12 bits per heavy atom. The molecule has 0 aliphatic carbocycles. The molecule has 0 aliphatic rings. The van der Waals surface area contributed by atoms with Crippen LogP contribution in [0.3, 0.4) is 0 Å². The number of aromatic nitrogens is 1. The Bertz CT molecular complexity index is 118. The number of nitrogens with one attached hydrogen (secondary N) is 1. The summed E-state index contributed by atoms with van der Waals surface area (Å²) in [5.74, 6) is 0. The molecule has 0 saturated heterocycles. The van der Waals surface area contributed by atoms with Crippen molar-refractivity contribution >= 4 is 4.21 Å². The Morgan fingerprint density at radius 2 is 2.00 bits per heavy atom. The number of hydrogen-bond acceptors (Lipinski definition) is 0. The van der Waals surface area contributed by atoms with Gasteiger partial charge in [-0.1, -0.05) is 0 Å². The van der Waals surface area contributed by atoms with E-state index >= 15 is 0 Å². The molecule has 0 radical (unpaired) electrons. The summed E-state index contributed by atoms with van der Waals surface area (Å²) in [6.45, 7) is 0. The first-order valence-electron chi connectivity index (χ1n) is 1.66. The van der Waals surface area contributed by atoms with Crippen LogP contribution in [0.2, 0.25) is 0 Å². The van der Waals surface area contributed by atoms with E-state index in [1.165, 1.54) is 4.21 Å². The second-order valence-corrected chi connectivity index (χ2v) is 2.28. The molecule has 1 aromatic rings. The SMILES string of the molecule is [Br-].[Br-].[Ir+2][c]1ccc[nH]1. The average Bonchev–Trinajstić information content (AvgIpc) is 1.86. The molecular formula is C4H4Br2IrN. The Labute approximate surface area is 79.9 Å². The van der Waals surface area contributed by atoms with E-state index < -0.39 is 0 Å². The van der Waals surface area contributed by atoms with Gasteiger partial charge in [0.25, 0.3) is 0 Å². The van der Waals surface area contributed by atoms with Gasteiger partial charge in [0.15, 0.2) is 0 Å². The Kier molecular flexibility index (Phi) is 8.77. The molecule has 0 unspecified atom stereocenters. The van der Waals surface area contributed by atoms with Crippen molar-refractivity contribution in [3.8, 4) is 0 Å². The molecule has 1 heterocycles. The molecule has 0 spiro atoms. The fourth-order valence-electron chi connectivity index (χ4n) is 0.300. The van der Waals surface area contributed by atoms with E-state index in [0.29, 0.717) is 0 Å². The van der Waals surface area contributed by atoms with Gasteiger partial charge >= 0.3 is 46.4 Å². The van der Waals surface area contributed by atoms with Crippen LogP contribution in [0.5, 0.6) is 0 Å². The third-order valence-electron chi connectivity index (χ3n) is 0.546. The Morgan fingerprint density at radius 1 is 1.38 bits per heavy atom. The zero-order valence-electron chi connectivity index (χ0n) is 3.82. The minimum atomic E-state index is 0. The van der Waals surface area contributed by atoms with E-state index in [1.807, 2.05) is 37.2 Å². The van der Waals surface area contributed by atoms with Crippen molar-refractivity contribution in [2.45, 2.75) is 0 Å². The summed E-state index contributed by atoms with van der Waals surface area (Å²) in [5.41, 5.74) is 0. The molecule has 0 amide bonds. The quantitative estimate of drug-likeness (QED) is 0.433. The fraction of sp³-hybridized carbons (Fsp3) is 0. The van der Waals surface area contributed by atoms with E-state index in [2.05, 4.69) is 4.98 Å². The zero-order valence-corrected chi connectivity index (χ0v) is 9.39. The van der Waals surface area contributed by atoms with Gasteiger partial charge in [0, 0.05) is 0 Å². The maximum absolute atomic E-state index is 3.00. The summed E-state index contributed by atoms with van der Waals surface area (Å²) in [7, 11) is 0. The first-order valence-corrected chi connectivity index (χ1v) is 2.86. The van der Waals surface area contributed by atoms with Gasteiger partial charge in [-0.3, -0.25) is 0 Å². The summed E-state index contributed by atoms with van der Waals surface area (Å²) in [5, 5.41) is 0. The molecule has 0 fully saturated rings. The van der Waals surface area contributed by atoms with Crippen LogP contribution in [0.15, 0.2) is 18.3 Å². The van der Waals surface area contributed by atoms with Crippen LogP contribution in [0.25, 0.3) is 0 Å². The van der Waals surface area contributed by atoms with Crippen molar-refractivity contribution in [1.29, 1.82) is 0 Å². The van der Waals surface area contributed by atoms with Gasteiger partial charge < -0.3 is 34.0 Å². The van der Waals surface area contributed by atoms with Gasteiger partial charge in [-0.05, 0) is 0 Å². The summed E-state index contributed by atoms with van der Waals surface area (Å²) >= 11 is 2.03. The molecule has 0 atom stereocenters. The van der Waals surface area contributed by atoms with Crippen molar-refractivity contribution in [2.24, 2.45) is 0 Å². The molecule has 1 nitrogen and oxygen atoms in total. The van der Waals surface area contributed by atoms with Crippen LogP contribution in [-0.4, -0.2) is 4.98 Å². The number of H-pyrrole nitrogens is 1. The van der Waals surface area contributed by atoms with Crippen LogP contribution in [0, 0.1) is 0 Å². The topological polar surface area (TPSA) is 15.8 Å². The van der Waals surface area contributed by atoms with Gasteiger partial charge in [-0.2, -0.15) is 0 Å². The molecule has 4 heteroatoms. The molecule has 0 bridgehead atoms. The van der Waals surface area contributed by atoms with Gasteiger partial charge in [0.05, 0.1) is 0 Å². The molecule has 1 aromatic heterocycles. The minimum absolute atomic E-state index is 0. The Hall–Kier alpha value is 0.889. The molecule has 0 aliphatic heterocycles. The summed E-state index contributed by atoms with van der Waals surface area (Å²) < 4.78 is 1.22. The van der Waals surface area contributed by atoms with Crippen LogP contribution < -0.4 is 38.2 Å². The van der Waals surface area contributed by atoms with Gasteiger partial charge in [-0.15, -0.1) is 0 Å². The van der Waals surface area contributed by atoms with E-state index in [9.17, 15) is 0 Å². The predicted octanol–water partition coefficient (Wildman–Crippen LogP) is -5.81. The predicted molar refractivity (Wildman–Crippen MR) is 20.4 cm³/mol. The number of rotatable bonds is 0. The summed E-state index contributed by atoms with van der Waals surface area (Å²) in [6.07, 6.45) is 1.91. The first-order chi connectivity index (χ1) is 2.89. The average molecular weight is 418 g/mol. The maximum atomic E-state index is 3.00. The van der Waals surface area contributed by atoms with Gasteiger partial charge in [0.1, 0.15) is 0 Å². The number of halogens is 2. The summed E-state index contributed by atoms with van der Waals surface area (Å²) in [6, 6.07) is 4.01. The normalized spacial score (nSPS) is 6.62. The van der Waals surface area contributed by atoms with Crippen molar-refractivity contribution in [1.82, 2.24) is 4.98 Å². The van der Waals surface area contributed by atoms with Crippen LogP contribution in [-0.2, 0) is 18.9 Å². The second kappa shape index (κ2) is 6.02. The standard InChI is InChI=1S/C4H4N.2BrH.Ir/c1-2-4-5-3-1;;;/h1-3,5H;2*1H;/q;;;+2/p-2. The first kappa shape index (κ1) is 11.7. The number of hydrogen-bond donors (Lipinski definition) is 1. The monoisotopic (exact) mass is 417 g/mol. The van der Waals surface area contributed by atoms with Crippen LogP contribution >= 0.6 is 0 Å². The Balaban J connectivity index is 0. The van der Waals surface area contributed by atoms with Gasteiger partial charge in [0.2, 0.25) is 0 Å². The molecule has 1 rings (SSSR count). The molecule has 0 aromatic carbocycles. The van der Waals surface area contributed by atoms with Crippen molar-refractivity contribution in [3.63, 3.8) is 0 Å². The van der Waals surface area contributed by atoms with Crippen molar-refractivity contribution in [2.75, 3.05) is 0 Å². The van der Waals surface area contributed by atoms with Crippen molar-refractivity contribution < 1.29 is 52.9 Å². The molecule has 48 valence electrons. The molecule has 0 saturated carbocycles. The van der Waals surface area contributed by atoms with Gasteiger partial charge in [-0.25, -0.2) is 0 Å². The van der Waals surface area contributed by atoms with E-state index in [1.54, 1.807) is 0 Å². The zero-order chi connectivity index (χ0) is 4.41.